The van der Waals surface area contributed by atoms with E-state index in [0.29, 0.717) is 21.9 Å². The summed E-state index contributed by atoms with van der Waals surface area (Å²) in [4.78, 5) is 4.11. The number of rotatable bonds is 1. The van der Waals surface area contributed by atoms with E-state index in [0.717, 1.165) is 12.1 Å². The average molecular weight is 317 g/mol. The number of benzene rings is 1. The van der Waals surface area contributed by atoms with Crippen LogP contribution in [0.1, 0.15) is 29.5 Å². The van der Waals surface area contributed by atoms with Crippen molar-refractivity contribution in [2.24, 2.45) is 5.92 Å². The Morgan fingerprint density at radius 2 is 1.90 bits per heavy atom. The van der Waals surface area contributed by atoms with E-state index in [1.807, 2.05) is 18.5 Å². The molecule has 0 bridgehead atoms. The number of aromatic nitrogens is 1. The number of nitrogens with one attached hydrogen (secondary N) is 1. The molecule has 0 spiro atoms. The summed E-state index contributed by atoms with van der Waals surface area (Å²) in [5, 5.41) is 4.82. The van der Waals surface area contributed by atoms with Gasteiger partial charge in [0.2, 0.25) is 0 Å². The molecule has 0 unspecified atom stereocenters. The SMILES string of the molecule is Clc1ccc2c(c1Cl)N[C@@H](c1ccncc1)[C@H]1CC=C[C@@H]21. The lowest BCUT2D eigenvalue weighted by molar-refractivity contribution is 0.425. The smallest absolute Gasteiger partial charge is 0.0826 e. The Bertz CT molecular complexity index is 712. The Kier molecular flexibility index (Phi) is 3.16. The molecule has 0 saturated carbocycles. The Morgan fingerprint density at radius 1 is 1.10 bits per heavy atom. The van der Waals surface area contributed by atoms with Crippen LogP contribution in [0.25, 0.3) is 0 Å². The quantitative estimate of drug-likeness (QED) is 0.730. The zero-order chi connectivity index (χ0) is 14.4. The molecule has 4 heteroatoms. The molecule has 0 saturated heterocycles. The molecule has 2 nitrogen and oxygen atoms in total. The fourth-order valence-corrected chi connectivity index (χ4v) is 3.89. The van der Waals surface area contributed by atoms with Gasteiger partial charge in [-0.15, -0.1) is 0 Å². The third kappa shape index (κ3) is 2.05. The van der Waals surface area contributed by atoms with Gasteiger partial charge >= 0.3 is 0 Å². The number of pyridine rings is 1. The van der Waals surface area contributed by atoms with E-state index in [-0.39, 0.29) is 6.04 Å². The molecule has 1 aromatic heterocycles. The molecule has 0 amide bonds. The summed E-state index contributed by atoms with van der Waals surface area (Å²) >= 11 is 12.6. The van der Waals surface area contributed by atoms with E-state index in [9.17, 15) is 0 Å². The van der Waals surface area contributed by atoms with E-state index in [2.05, 4.69) is 40.7 Å². The lowest BCUT2D eigenvalue weighted by Crippen LogP contribution is -2.29. The molecular formula is C17H14Cl2N2. The van der Waals surface area contributed by atoms with Crippen LogP contribution in [0, 0.1) is 5.92 Å². The first-order chi connectivity index (χ1) is 10.3. The van der Waals surface area contributed by atoms with Crippen molar-refractivity contribution in [3.05, 3.63) is 70.0 Å². The summed E-state index contributed by atoms with van der Waals surface area (Å²) in [5.41, 5.74) is 3.46. The van der Waals surface area contributed by atoms with Gasteiger partial charge in [0.05, 0.1) is 21.8 Å². The predicted molar refractivity (Wildman–Crippen MR) is 87.1 cm³/mol. The molecule has 106 valence electrons. The standard InChI is InChI=1S/C17H14Cl2N2/c18-14-5-4-13-11-2-1-3-12(11)16(21-17(13)15(14)19)10-6-8-20-9-7-10/h1-2,4-9,11-12,16,21H,3H2/t11-,12+,16+/m1/s1. The van der Waals surface area contributed by atoms with E-state index in [1.165, 1.54) is 11.1 Å². The van der Waals surface area contributed by atoms with Crippen molar-refractivity contribution >= 4 is 28.9 Å². The zero-order valence-electron chi connectivity index (χ0n) is 11.3. The van der Waals surface area contributed by atoms with Crippen molar-refractivity contribution in [2.45, 2.75) is 18.4 Å². The fourth-order valence-electron chi connectivity index (χ4n) is 3.50. The van der Waals surface area contributed by atoms with E-state index < -0.39 is 0 Å². The highest BCUT2D eigenvalue weighted by molar-refractivity contribution is 6.43. The van der Waals surface area contributed by atoms with Gasteiger partial charge in [-0.2, -0.15) is 0 Å². The normalized spacial score (nSPS) is 26.1. The lowest BCUT2D eigenvalue weighted by atomic mass is 9.77. The third-order valence-electron chi connectivity index (χ3n) is 4.49. The maximum Gasteiger partial charge on any atom is 0.0826 e. The number of fused-ring (bicyclic) bond motifs is 3. The number of allylic oxidation sites excluding steroid dienone is 2. The highest BCUT2D eigenvalue weighted by Gasteiger charge is 2.38. The average Bonchev–Trinajstić information content (AvgIpc) is 3.00. The Hall–Kier alpha value is -1.51. The van der Waals surface area contributed by atoms with Crippen LogP contribution in [-0.2, 0) is 0 Å². The number of hydrogen-bond acceptors (Lipinski definition) is 2. The van der Waals surface area contributed by atoms with Gasteiger partial charge in [0.15, 0.2) is 0 Å². The van der Waals surface area contributed by atoms with Crippen LogP contribution in [0.15, 0.2) is 48.8 Å². The van der Waals surface area contributed by atoms with Gasteiger partial charge in [0.1, 0.15) is 0 Å². The van der Waals surface area contributed by atoms with Crippen LogP contribution in [-0.4, -0.2) is 4.98 Å². The molecule has 2 aromatic rings. The summed E-state index contributed by atoms with van der Waals surface area (Å²) in [5.74, 6) is 0.909. The van der Waals surface area contributed by atoms with Crippen molar-refractivity contribution in [3.63, 3.8) is 0 Å². The summed E-state index contributed by atoms with van der Waals surface area (Å²) in [6.07, 6.45) is 9.31. The number of nitrogens with zero attached hydrogens (tertiary/aromatic N) is 1. The van der Waals surface area contributed by atoms with Crippen LogP contribution in [0.5, 0.6) is 0 Å². The van der Waals surface area contributed by atoms with E-state index in [1.54, 1.807) is 0 Å². The molecule has 0 radical (unpaired) electrons. The first kappa shape index (κ1) is 13.2. The van der Waals surface area contributed by atoms with Gasteiger partial charge in [0.25, 0.3) is 0 Å². The number of hydrogen-bond donors (Lipinski definition) is 1. The van der Waals surface area contributed by atoms with Crippen molar-refractivity contribution < 1.29 is 0 Å². The van der Waals surface area contributed by atoms with Crippen LogP contribution in [0.3, 0.4) is 0 Å². The lowest BCUT2D eigenvalue weighted by Gasteiger charge is -2.38. The van der Waals surface area contributed by atoms with Gasteiger partial charge < -0.3 is 5.32 Å². The minimum absolute atomic E-state index is 0.233. The molecule has 21 heavy (non-hydrogen) atoms. The summed E-state index contributed by atoms with van der Waals surface area (Å²) < 4.78 is 0. The number of halogens is 2. The largest absolute Gasteiger partial charge is 0.376 e. The van der Waals surface area contributed by atoms with E-state index in [4.69, 9.17) is 23.2 Å². The topological polar surface area (TPSA) is 24.9 Å². The fraction of sp³-hybridized carbons (Fsp3) is 0.235. The molecule has 3 atom stereocenters. The molecule has 1 N–H and O–H groups in total. The third-order valence-corrected chi connectivity index (χ3v) is 5.30. The molecule has 1 aliphatic heterocycles. The Labute approximate surface area is 133 Å². The molecule has 0 fully saturated rings. The van der Waals surface area contributed by atoms with Gasteiger partial charge in [-0.25, -0.2) is 0 Å². The zero-order valence-corrected chi connectivity index (χ0v) is 12.8. The maximum absolute atomic E-state index is 6.42. The maximum atomic E-state index is 6.42. The number of anilines is 1. The van der Waals surface area contributed by atoms with Crippen LogP contribution < -0.4 is 5.32 Å². The highest BCUT2D eigenvalue weighted by atomic mass is 35.5. The van der Waals surface area contributed by atoms with Crippen molar-refractivity contribution in [2.75, 3.05) is 5.32 Å². The molecule has 4 rings (SSSR count). The monoisotopic (exact) mass is 316 g/mol. The molecule has 1 aliphatic carbocycles. The summed E-state index contributed by atoms with van der Waals surface area (Å²) in [6, 6.07) is 8.34. The molecule has 2 heterocycles. The highest BCUT2D eigenvalue weighted by Crippen LogP contribution is 2.52. The molecule has 2 aliphatic rings. The second-order valence-corrected chi connectivity index (χ2v) is 6.37. The van der Waals surface area contributed by atoms with E-state index >= 15 is 0 Å². The summed E-state index contributed by atoms with van der Waals surface area (Å²) in [7, 11) is 0. The Balaban J connectivity index is 1.85. The molecule has 1 aromatic carbocycles. The van der Waals surface area contributed by atoms with Gasteiger partial charge in [0, 0.05) is 18.3 Å². The van der Waals surface area contributed by atoms with Gasteiger partial charge in [-0.3, -0.25) is 4.98 Å². The van der Waals surface area contributed by atoms with Gasteiger partial charge in [-0.05, 0) is 41.7 Å². The predicted octanol–water partition coefficient (Wildman–Crippen LogP) is 5.21. The first-order valence-electron chi connectivity index (χ1n) is 7.06. The molecular weight excluding hydrogens is 303 g/mol. The first-order valence-corrected chi connectivity index (χ1v) is 7.82. The van der Waals surface area contributed by atoms with Gasteiger partial charge in [-0.1, -0.05) is 41.4 Å². The van der Waals surface area contributed by atoms with Crippen LogP contribution >= 0.6 is 23.2 Å². The second kappa shape index (κ2) is 5.04. The van der Waals surface area contributed by atoms with Crippen molar-refractivity contribution in [1.29, 1.82) is 0 Å². The van der Waals surface area contributed by atoms with Crippen LogP contribution in [0.4, 0.5) is 5.69 Å². The van der Waals surface area contributed by atoms with Crippen molar-refractivity contribution in [1.82, 2.24) is 4.98 Å². The van der Waals surface area contributed by atoms with Crippen molar-refractivity contribution in [3.8, 4) is 0 Å². The minimum Gasteiger partial charge on any atom is -0.376 e. The summed E-state index contributed by atoms with van der Waals surface area (Å²) in [6.45, 7) is 0. The Morgan fingerprint density at radius 3 is 2.71 bits per heavy atom. The minimum atomic E-state index is 0.233. The second-order valence-electron chi connectivity index (χ2n) is 5.58. The van der Waals surface area contributed by atoms with Crippen LogP contribution in [0.2, 0.25) is 10.0 Å².